The maximum absolute atomic E-state index is 12.0. The van der Waals surface area contributed by atoms with Crippen molar-refractivity contribution in [1.82, 2.24) is 10.3 Å². The summed E-state index contributed by atoms with van der Waals surface area (Å²) in [4.78, 5) is 26.4. The highest BCUT2D eigenvalue weighted by atomic mass is 79.9. The summed E-state index contributed by atoms with van der Waals surface area (Å²) in [6.45, 7) is 3.05. The topological polar surface area (TPSA) is 106 Å². The van der Waals surface area contributed by atoms with Gasteiger partial charge in [-0.15, -0.1) is 0 Å². The Hall–Kier alpha value is -2.49. The van der Waals surface area contributed by atoms with Gasteiger partial charge in [0.2, 0.25) is 0 Å². The maximum Gasteiger partial charge on any atom is 0.407 e. The minimum absolute atomic E-state index is 0.0279. The fourth-order valence-corrected chi connectivity index (χ4v) is 3.87. The fraction of sp³-hybridized carbons (Fsp3) is 0.438. The van der Waals surface area contributed by atoms with Gasteiger partial charge in [0.1, 0.15) is 18.4 Å². The number of rotatable bonds is 2. The standard InChI is InChI=1S/C16H18BrN5O4/c1-8-15(23)20-19-14-7-26-13-4-10(17)11(5-12(13)22(8)14)18-9-2-3-21(6-9)16(24)25/h4-5,8-9,18H,2-3,6-7H2,1H3,(H,20,23)(H,24,25)/t8-,9+/m1/s1. The quantitative estimate of drug-likeness (QED) is 0.667. The van der Waals surface area contributed by atoms with E-state index in [2.05, 4.69) is 31.8 Å². The number of likely N-dealkylation sites (tertiary alicyclic amines) is 1. The Labute approximate surface area is 158 Å². The van der Waals surface area contributed by atoms with Gasteiger partial charge in [-0.25, -0.2) is 10.2 Å². The van der Waals surface area contributed by atoms with Crippen LogP contribution in [0.4, 0.5) is 16.2 Å². The molecule has 0 aromatic heterocycles. The SMILES string of the molecule is C[C@@H]1C(=O)NN=C2COc3cc(Br)c(N[C@H]4CCN(C(=O)O)C4)cc3N21. The van der Waals surface area contributed by atoms with Gasteiger partial charge in [0.05, 0.1) is 11.4 Å². The van der Waals surface area contributed by atoms with Crippen molar-refractivity contribution in [3.05, 3.63) is 16.6 Å². The summed E-state index contributed by atoms with van der Waals surface area (Å²) in [6, 6.07) is 3.40. The maximum atomic E-state index is 12.0. The first-order valence-electron chi connectivity index (χ1n) is 8.30. The molecule has 0 saturated carbocycles. The zero-order valence-corrected chi connectivity index (χ0v) is 15.6. The van der Waals surface area contributed by atoms with Crippen molar-refractivity contribution < 1.29 is 19.4 Å². The van der Waals surface area contributed by atoms with Crippen LogP contribution in [0.25, 0.3) is 0 Å². The zero-order chi connectivity index (χ0) is 18.4. The van der Waals surface area contributed by atoms with Gasteiger partial charge in [-0.05, 0) is 41.4 Å². The second-order valence-corrected chi connectivity index (χ2v) is 7.35. The molecule has 1 fully saturated rings. The Morgan fingerprint density at radius 2 is 2.31 bits per heavy atom. The number of ether oxygens (including phenoxy) is 1. The number of amidine groups is 1. The van der Waals surface area contributed by atoms with Crippen molar-refractivity contribution >= 4 is 45.1 Å². The van der Waals surface area contributed by atoms with E-state index in [0.717, 1.165) is 22.3 Å². The van der Waals surface area contributed by atoms with Crippen LogP contribution in [0.3, 0.4) is 0 Å². The lowest BCUT2D eigenvalue weighted by Gasteiger charge is -2.38. The van der Waals surface area contributed by atoms with Crippen molar-refractivity contribution in [3.8, 4) is 5.75 Å². The lowest BCUT2D eigenvalue weighted by molar-refractivity contribution is -0.122. The van der Waals surface area contributed by atoms with Crippen molar-refractivity contribution in [3.63, 3.8) is 0 Å². The number of carbonyl (C=O) groups is 2. The second kappa shape index (κ2) is 6.35. The Balaban J connectivity index is 1.63. The Bertz CT molecular complexity index is 814. The second-order valence-electron chi connectivity index (χ2n) is 6.50. The van der Waals surface area contributed by atoms with Gasteiger partial charge < -0.3 is 25.0 Å². The molecule has 2 atom stereocenters. The summed E-state index contributed by atoms with van der Waals surface area (Å²) >= 11 is 3.54. The molecule has 4 rings (SSSR count). The summed E-state index contributed by atoms with van der Waals surface area (Å²) in [6.07, 6.45) is -0.164. The predicted octanol–water partition coefficient (Wildman–Crippen LogP) is 1.64. The summed E-state index contributed by atoms with van der Waals surface area (Å²) < 4.78 is 6.58. The van der Waals surface area contributed by atoms with Gasteiger partial charge in [0.15, 0.2) is 5.84 Å². The van der Waals surface area contributed by atoms with E-state index in [1.165, 1.54) is 4.90 Å². The van der Waals surface area contributed by atoms with E-state index >= 15 is 0 Å². The molecule has 3 aliphatic rings. The van der Waals surface area contributed by atoms with E-state index in [9.17, 15) is 9.59 Å². The molecule has 1 aromatic carbocycles. The first kappa shape index (κ1) is 17.0. The zero-order valence-electron chi connectivity index (χ0n) is 14.0. The lowest BCUT2D eigenvalue weighted by atomic mass is 10.1. The third-order valence-electron chi connectivity index (χ3n) is 4.82. The fourth-order valence-electron chi connectivity index (χ4n) is 3.43. The number of nitrogens with one attached hydrogen (secondary N) is 2. The average molecular weight is 424 g/mol. The van der Waals surface area contributed by atoms with Crippen LogP contribution in [0, 0.1) is 0 Å². The minimum Gasteiger partial charge on any atom is -0.483 e. The first-order chi connectivity index (χ1) is 12.4. The highest BCUT2D eigenvalue weighted by molar-refractivity contribution is 9.10. The minimum atomic E-state index is -0.902. The number of nitrogens with zero attached hydrogens (tertiary/aromatic N) is 3. The number of anilines is 2. The van der Waals surface area contributed by atoms with Crippen LogP contribution >= 0.6 is 15.9 Å². The van der Waals surface area contributed by atoms with Crippen LogP contribution in [-0.4, -0.2) is 59.6 Å². The van der Waals surface area contributed by atoms with Crippen molar-refractivity contribution in [2.24, 2.45) is 5.10 Å². The van der Waals surface area contributed by atoms with Gasteiger partial charge >= 0.3 is 6.09 Å². The number of hydrogen-bond donors (Lipinski definition) is 3. The molecule has 0 bridgehead atoms. The highest BCUT2D eigenvalue weighted by Crippen LogP contribution is 2.41. The molecule has 3 N–H and O–H groups in total. The third kappa shape index (κ3) is 2.83. The molecule has 0 spiro atoms. The van der Waals surface area contributed by atoms with E-state index < -0.39 is 12.1 Å². The van der Waals surface area contributed by atoms with Crippen molar-refractivity contribution in [2.75, 3.05) is 29.9 Å². The van der Waals surface area contributed by atoms with E-state index in [1.807, 2.05) is 24.0 Å². The van der Waals surface area contributed by atoms with Crippen LogP contribution in [0.15, 0.2) is 21.7 Å². The number of amides is 2. The van der Waals surface area contributed by atoms with Crippen molar-refractivity contribution in [2.45, 2.75) is 25.4 Å². The Kier molecular flexibility index (Phi) is 4.14. The highest BCUT2D eigenvalue weighted by Gasteiger charge is 2.36. The Morgan fingerprint density at radius 1 is 1.50 bits per heavy atom. The van der Waals surface area contributed by atoms with Crippen LogP contribution in [0.2, 0.25) is 0 Å². The van der Waals surface area contributed by atoms with Crippen LogP contribution in [0.1, 0.15) is 13.3 Å². The predicted molar refractivity (Wildman–Crippen MR) is 98.8 cm³/mol. The van der Waals surface area contributed by atoms with Crippen LogP contribution in [-0.2, 0) is 4.79 Å². The van der Waals surface area contributed by atoms with Crippen LogP contribution < -0.4 is 20.4 Å². The molecule has 2 amide bonds. The largest absolute Gasteiger partial charge is 0.483 e. The average Bonchev–Trinajstić information content (AvgIpc) is 3.07. The van der Waals surface area contributed by atoms with Gasteiger partial charge in [-0.3, -0.25) is 4.79 Å². The van der Waals surface area contributed by atoms with Gasteiger partial charge in [-0.2, -0.15) is 5.10 Å². The molecule has 1 aromatic rings. The van der Waals surface area contributed by atoms with Crippen molar-refractivity contribution in [1.29, 1.82) is 0 Å². The summed E-state index contributed by atoms with van der Waals surface area (Å²) in [7, 11) is 0. The molecule has 3 aliphatic heterocycles. The number of hydrogen-bond acceptors (Lipinski definition) is 6. The molecular formula is C16H18BrN5O4. The number of carbonyl (C=O) groups excluding carboxylic acids is 1. The van der Waals surface area contributed by atoms with Gasteiger partial charge in [0.25, 0.3) is 5.91 Å². The molecule has 0 aliphatic carbocycles. The molecule has 3 heterocycles. The summed E-state index contributed by atoms with van der Waals surface area (Å²) in [5.74, 6) is 1.14. The number of fused-ring (bicyclic) bond motifs is 3. The molecule has 10 heteroatoms. The van der Waals surface area contributed by atoms with E-state index in [1.54, 1.807) is 0 Å². The number of hydrazone groups is 1. The monoisotopic (exact) mass is 423 g/mol. The molecule has 1 saturated heterocycles. The van der Waals surface area contributed by atoms with Gasteiger partial charge in [-0.1, -0.05) is 0 Å². The van der Waals surface area contributed by atoms with Gasteiger partial charge in [0, 0.05) is 23.6 Å². The number of benzene rings is 1. The first-order valence-corrected chi connectivity index (χ1v) is 9.09. The molecule has 26 heavy (non-hydrogen) atoms. The Morgan fingerprint density at radius 3 is 3.04 bits per heavy atom. The van der Waals surface area contributed by atoms with E-state index in [-0.39, 0.29) is 18.6 Å². The summed E-state index contributed by atoms with van der Waals surface area (Å²) in [5, 5.41) is 16.6. The van der Waals surface area contributed by atoms with Crippen LogP contribution in [0.5, 0.6) is 5.75 Å². The summed E-state index contributed by atoms with van der Waals surface area (Å²) in [5.41, 5.74) is 4.09. The lowest BCUT2D eigenvalue weighted by Crippen LogP contribution is -2.55. The smallest absolute Gasteiger partial charge is 0.407 e. The molecule has 138 valence electrons. The molecular weight excluding hydrogens is 406 g/mol. The molecule has 9 nitrogen and oxygen atoms in total. The molecule has 0 unspecified atom stereocenters. The van der Waals surface area contributed by atoms with E-state index in [4.69, 9.17) is 9.84 Å². The number of carboxylic acid groups (broad SMARTS) is 1. The number of halogens is 1. The normalized spacial score (nSPS) is 24.2. The third-order valence-corrected chi connectivity index (χ3v) is 5.48. The van der Waals surface area contributed by atoms with E-state index in [0.29, 0.717) is 24.7 Å². The molecule has 0 radical (unpaired) electrons.